The molecule has 0 aromatic heterocycles. The molecular formula is C16H22O4. The third kappa shape index (κ3) is 3.84. The first-order chi connectivity index (χ1) is 9.40. The maximum atomic E-state index is 11.2. The van der Waals surface area contributed by atoms with Gasteiger partial charge < -0.3 is 14.6 Å². The SMILES string of the molecule is COC(=O)/C=C/[C@@H](c1cc(C)c(OC)cc1C)[C@H](C)O. The molecule has 20 heavy (non-hydrogen) atoms. The molecule has 0 fully saturated rings. The number of aliphatic hydroxyl groups is 1. The van der Waals surface area contributed by atoms with Crippen LogP contribution < -0.4 is 4.74 Å². The lowest BCUT2D eigenvalue weighted by Crippen LogP contribution is -2.14. The number of aryl methyl sites for hydroxylation is 2. The number of carbonyl (C=O) groups excluding carboxylic acids is 1. The molecule has 0 spiro atoms. The summed E-state index contributed by atoms with van der Waals surface area (Å²) >= 11 is 0. The van der Waals surface area contributed by atoms with Crippen LogP contribution >= 0.6 is 0 Å². The van der Waals surface area contributed by atoms with E-state index in [1.54, 1.807) is 20.1 Å². The molecule has 0 radical (unpaired) electrons. The van der Waals surface area contributed by atoms with E-state index in [2.05, 4.69) is 4.74 Å². The lowest BCUT2D eigenvalue weighted by atomic mass is 9.89. The van der Waals surface area contributed by atoms with Crippen LogP contribution in [0.4, 0.5) is 0 Å². The molecule has 0 unspecified atom stereocenters. The van der Waals surface area contributed by atoms with Crippen molar-refractivity contribution >= 4 is 5.97 Å². The quantitative estimate of drug-likeness (QED) is 0.664. The largest absolute Gasteiger partial charge is 0.496 e. The number of ether oxygens (including phenoxy) is 2. The van der Waals surface area contributed by atoms with Gasteiger partial charge >= 0.3 is 5.97 Å². The Morgan fingerprint density at radius 2 is 1.90 bits per heavy atom. The lowest BCUT2D eigenvalue weighted by Gasteiger charge is -2.20. The molecule has 0 heterocycles. The smallest absolute Gasteiger partial charge is 0.330 e. The van der Waals surface area contributed by atoms with E-state index in [0.29, 0.717) is 0 Å². The average Bonchev–Trinajstić information content (AvgIpc) is 2.41. The molecule has 0 amide bonds. The van der Waals surface area contributed by atoms with Gasteiger partial charge in [-0.15, -0.1) is 0 Å². The number of carbonyl (C=O) groups is 1. The van der Waals surface area contributed by atoms with E-state index in [9.17, 15) is 9.90 Å². The molecule has 2 atom stereocenters. The molecule has 4 nitrogen and oxygen atoms in total. The molecule has 0 saturated heterocycles. The van der Waals surface area contributed by atoms with Crippen molar-refractivity contribution in [2.45, 2.75) is 32.8 Å². The summed E-state index contributed by atoms with van der Waals surface area (Å²) in [6, 6.07) is 3.92. The molecule has 0 aliphatic rings. The highest BCUT2D eigenvalue weighted by atomic mass is 16.5. The topological polar surface area (TPSA) is 55.8 Å². The lowest BCUT2D eigenvalue weighted by molar-refractivity contribution is -0.134. The van der Waals surface area contributed by atoms with E-state index in [1.807, 2.05) is 26.0 Å². The fourth-order valence-corrected chi connectivity index (χ4v) is 2.17. The van der Waals surface area contributed by atoms with Crippen molar-refractivity contribution in [2.24, 2.45) is 0 Å². The fourth-order valence-electron chi connectivity index (χ4n) is 2.17. The summed E-state index contributed by atoms with van der Waals surface area (Å²) in [7, 11) is 2.96. The van der Waals surface area contributed by atoms with Crippen molar-refractivity contribution in [1.29, 1.82) is 0 Å². The molecular weight excluding hydrogens is 256 g/mol. The van der Waals surface area contributed by atoms with Crippen molar-refractivity contribution in [3.63, 3.8) is 0 Å². The van der Waals surface area contributed by atoms with Gasteiger partial charge in [0.1, 0.15) is 5.75 Å². The molecule has 1 N–H and O–H groups in total. The normalized spacial score (nSPS) is 14.1. The van der Waals surface area contributed by atoms with Gasteiger partial charge in [0.15, 0.2) is 0 Å². The average molecular weight is 278 g/mol. The van der Waals surface area contributed by atoms with Gasteiger partial charge in [0.2, 0.25) is 0 Å². The van der Waals surface area contributed by atoms with Gasteiger partial charge in [-0.2, -0.15) is 0 Å². The van der Waals surface area contributed by atoms with E-state index in [4.69, 9.17) is 4.74 Å². The van der Waals surface area contributed by atoms with Crippen molar-refractivity contribution in [1.82, 2.24) is 0 Å². The number of hydrogen-bond acceptors (Lipinski definition) is 4. The third-order valence-electron chi connectivity index (χ3n) is 3.30. The summed E-state index contributed by atoms with van der Waals surface area (Å²) in [4.78, 5) is 11.2. The maximum Gasteiger partial charge on any atom is 0.330 e. The van der Waals surface area contributed by atoms with Crippen LogP contribution in [-0.4, -0.2) is 31.4 Å². The summed E-state index contributed by atoms with van der Waals surface area (Å²) in [6.45, 7) is 5.61. The number of aliphatic hydroxyl groups excluding tert-OH is 1. The monoisotopic (exact) mass is 278 g/mol. The number of rotatable bonds is 5. The number of hydrogen-bond donors (Lipinski definition) is 1. The Morgan fingerprint density at radius 3 is 2.40 bits per heavy atom. The second kappa shape index (κ2) is 7.10. The minimum Gasteiger partial charge on any atom is -0.496 e. The van der Waals surface area contributed by atoms with Crippen LogP contribution in [0.25, 0.3) is 0 Å². The summed E-state index contributed by atoms with van der Waals surface area (Å²) < 4.78 is 9.86. The molecule has 4 heteroatoms. The van der Waals surface area contributed by atoms with Crippen LogP contribution in [0, 0.1) is 13.8 Å². The van der Waals surface area contributed by atoms with Crippen LogP contribution in [0.15, 0.2) is 24.3 Å². The summed E-state index contributed by atoms with van der Waals surface area (Å²) in [5, 5.41) is 9.96. The van der Waals surface area contributed by atoms with Gasteiger partial charge in [-0.05, 0) is 43.5 Å². The van der Waals surface area contributed by atoms with E-state index in [0.717, 1.165) is 22.4 Å². The Labute approximate surface area is 120 Å². The van der Waals surface area contributed by atoms with Crippen molar-refractivity contribution in [3.05, 3.63) is 41.0 Å². The first-order valence-electron chi connectivity index (χ1n) is 6.50. The van der Waals surface area contributed by atoms with Crippen molar-refractivity contribution in [3.8, 4) is 5.75 Å². The van der Waals surface area contributed by atoms with Crippen LogP contribution in [0.3, 0.4) is 0 Å². The zero-order valence-electron chi connectivity index (χ0n) is 12.6. The second-order valence-corrected chi connectivity index (χ2v) is 4.83. The molecule has 0 aliphatic heterocycles. The second-order valence-electron chi connectivity index (χ2n) is 4.83. The molecule has 1 aromatic carbocycles. The van der Waals surface area contributed by atoms with E-state index >= 15 is 0 Å². The zero-order valence-corrected chi connectivity index (χ0v) is 12.6. The van der Waals surface area contributed by atoms with Gasteiger partial charge in [0, 0.05) is 12.0 Å². The Kier molecular flexibility index (Phi) is 5.77. The number of methoxy groups -OCH3 is 2. The highest BCUT2D eigenvalue weighted by Crippen LogP contribution is 2.30. The van der Waals surface area contributed by atoms with Gasteiger partial charge in [-0.3, -0.25) is 0 Å². The summed E-state index contributed by atoms with van der Waals surface area (Å²) in [6.07, 6.45) is 2.41. The molecule has 110 valence electrons. The molecule has 0 aliphatic carbocycles. The van der Waals surface area contributed by atoms with E-state index in [-0.39, 0.29) is 5.92 Å². The van der Waals surface area contributed by atoms with Gasteiger partial charge in [-0.25, -0.2) is 4.79 Å². The molecule has 1 aromatic rings. The Balaban J connectivity index is 3.19. The summed E-state index contributed by atoms with van der Waals surface area (Å²) in [5.41, 5.74) is 2.97. The highest BCUT2D eigenvalue weighted by Gasteiger charge is 2.18. The minimum absolute atomic E-state index is 0.265. The van der Waals surface area contributed by atoms with Gasteiger partial charge in [0.25, 0.3) is 0 Å². The third-order valence-corrected chi connectivity index (χ3v) is 3.30. The van der Waals surface area contributed by atoms with Crippen LogP contribution in [-0.2, 0) is 9.53 Å². The van der Waals surface area contributed by atoms with Gasteiger partial charge in [-0.1, -0.05) is 12.1 Å². The molecule has 0 saturated carbocycles. The van der Waals surface area contributed by atoms with Crippen molar-refractivity contribution < 1.29 is 19.4 Å². The zero-order chi connectivity index (χ0) is 15.3. The van der Waals surface area contributed by atoms with Crippen LogP contribution in [0.5, 0.6) is 5.75 Å². The van der Waals surface area contributed by atoms with Crippen LogP contribution in [0.1, 0.15) is 29.5 Å². The highest BCUT2D eigenvalue weighted by molar-refractivity contribution is 5.81. The van der Waals surface area contributed by atoms with Gasteiger partial charge in [0.05, 0.1) is 20.3 Å². The Morgan fingerprint density at radius 1 is 1.25 bits per heavy atom. The number of esters is 1. The molecule has 1 rings (SSSR count). The van der Waals surface area contributed by atoms with E-state index in [1.165, 1.54) is 13.2 Å². The Hall–Kier alpha value is -1.81. The first-order valence-corrected chi connectivity index (χ1v) is 6.50. The van der Waals surface area contributed by atoms with Crippen LogP contribution in [0.2, 0.25) is 0 Å². The Bertz CT molecular complexity index is 503. The number of benzene rings is 1. The van der Waals surface area contributed by atoms with E-state index < -0.39 is 12.1 Å². The maximum absolute atomic E-state index is 11.2. The minimum atomic E-state index is -0.609. The molecule has 0 bridgehead atoms. The standard InChI is InChI=1S/C16H22O4/c1-10-9-15(19-4)11(2)8-14(10)13(12(3)17)6-7-16(18)20-5/h6-9,12-13,17H,1-5H3/b7-6+/t12-,13+/m0/s1. The van der Waals surface area contributed by atoms with Crippen molar-refractivity contribution in [2.75, 3.05) is 14.2 Å². The predicted octanol–water partition coefficient (Wildman–Crippen LogP) is 2.51. The predicted molar refractivity (Wildman–Crippen MR) is 78.0 cm³/mol. The summed E-state index contributed by atoms with van der Waals surface area (Å²) in [5.74, 6) is 0.116. The fraction of sp³-hybridized carbons (Fsp3) is 0.438. The first kappa shape index (κ1) is 16.2.